The lowest BCUT2D eigenvalue weighted by Crippen LogP contribution is -2.59. The van der Waals surface area contributed by atoms with Gasteiger partial charge in [0.2, 0.25) is 0 Å². The molecular weight excluding hydrogens is 340 g/mol. The van der Waals surface area contributed by atoms with Crippen molar-refractivity contribution in [2.45, 2.75) is 38.3 Å². The normalized spacial score (nSPS) is 28.0. The highest BCUT2D eigenvalue weighted by Gasteiger charge is 2.42. The fourth-order valence-corrected chi connectivity index (χ4v) is 5.31. The lowest BCUT2D eigenvalue weighted by atomic mass is 9.76. The van der Waals surface area contributed by atoms with Crippen LogP contribution in [0.5, 0.6) is 0 Å². The average molecular weight is 366 g/mol. The number of piperidine rings is 3. The summed E-state index contributed by atoms with van der Waals surface area (Å²) in [7, 11) is 0. The third-order valence-corrected chi connectivity index (χ3v) is 6.49. The fourth-order valence-electron chi connectivity index (χ4n) is 5.31. The molecule has 0 N–H and O–H groups in total. The zero-order valence-corrected chi connectivity index (χ0v) is 15.6. The Balaban J connectivity index is 1.27. The van der Waals surface area contributed by atoms with E-state index >= 15 is 0 Å². The molecule has 0 unspecified atom stereocenters. The zero-order chi connectivity index (χ0) is 18.2. The Morgan fingerprint density at radius 2 is 2.00 bits per heavy atom. The number of aromatic nitrogens is 4. The molecule has 7 nitrogen and oxygen atoms in total. The number of rotatable bonds is 3. The number of amides is 1. The highest BCUT2D eigenvalue weighted by atomic mass is 16.2. The second-order valence-electron chi connectivity index (χ2n) is 8.33. The van der Waals surface area contributed by atoms with Crippen molar-refractivity contribution in [3.63, 3.8) is 0 Å². The van der Waals surface area contributed by atoms with Crippen LogP contribution >= 0.6 is 0 Å². The molecule has 142 valence electrons. The smallest absolute Gasteiger partial charge is 0.253 e. The van der Waals surface area contributed by atoms with E-state index in [-0.39, 0.29) is 5.91 Å². The van der Waals surface area contributed by atoms with Crippen molar-refractivity contribution in [1.29, 1.82) is 0 Å². The first-order chi connectivity index (χ1) is 13.3. The third-order valence-electron chi connectivity index (χ3n) is 6.49. The number of benzene rings is 1. The minimum absolute atomic E-state index is 0.183. The number of likely N-dealkylation sites (tertiary alicyclic amines) is 1. The summed E-state index contributed by atoms with van der Waals surface area (Å²) < 4.78 is 1.68. The molecule has 5 rings (SSSR count). The van der Waals surface area contributed by atoms with E-state index in [4.69, 9.17) is 0 Å². The number of hydrogen-bond acceptors (Lipinski definition) is 5. The van der Waals surface area contributed by atoms with Crippen molar-refractivity contribution < 1.29 is 4.79 Å². The topological polar surface area (TPSA) is 67.2 Å². The van der Waals surface area contributed by atoms with Gasteiger partial charge in [-0.3, -0.25) is 9.69 Å². The Labute approximate surface area is 159 Å². The van der Waals surface area contributed by atoms with Gasteiger partial charge in [-0.2, -0.15) is 0 Å². The molecule has 3 aliphatic heterocycles. The summed E-state index contributed by atoms with van der Waals surface area (Å²) >= 11 is 0. The van der Waals surface area contributed by atoms with E-state index in [1.165, 1.54) is 38.8 Å². The second-order valence-corrected chi connectivity index (χ2v) is 8.33. The number of tetrazole rings is 1. The van der Waals surface area contributed by atoms with Crippen molar-refractivity contribution in [1.82, 2.24) is 30.0 Å². The van der Waals surface area contributed by atoms with Gasteiger partial charge in [0.05, 0.1) is 6.54 Å². The van der Waals surface area contributed by atoms with Crippen molar-refractivity contribution in [3.05, 3.63) is 41.7 Å². The van der Waals surface area contributed by atoms with Gasteiger partial charge >= 0.3 is 0 Å². The number of carbonyl (C=O) groups excluding carboxylic acids is 1. The van der Waals surface area contributed by atoms with Crippen LogP contribution in [-0.4, -0.2) is 68.1 Å². The minimum atomic E-state index is 0.183. The predicted octanol–water partition coefficient (Wildman–Crippen LogP) is 1.67. The van der Waals surface area contributed by atoms with E-state index in [0.717, 1.165) is 24.2 Å². The Hall–Kier alpha value is -2.28. The van der Waals surface area contributed by atoms with E-state index < -0.39 is 0 Å². The van der Waals surface area contributed by atoms with Crippen LogP contribution in [0.15, 0.2) is 30.6 Å². The highest BCUT2D eigenvalue weighted by Crippen LogP contribution is 2.37. The summed E-state index contributed by atoms with van der Waals surface area (Å²) in [5.41, 5.74) is 1.88. The third kappa shape index (κ3) is 3.36. The van der Waals surface area contributed by atoms with Gasteiger partial charge in [0.1, 0.15) is 6.33 Å². The van der Waals surface area contributed by atoms with Crippen molar-refractivity contribution >= 4 is 5.91 Å². The zero-order valence-electron chi connectivity index (χ0n) is 15.6. The molecule has 7 heteroatoms. The first kappa shape index (κ1) is 16.9. The molecular formula is C20H26N6O. The van der Waals surface area contributed by atoms with Crippen LogP contribution in [0.4, 0.5) is 0 Å². The molecule has 3 saturated heterocycles. The first-order valence-electron chi connectivity index (χ1n) is 10.1. The lowest BCUT2D eigenvalue weighted by Gasteiger charge is -2.52. The molecule has 0 aliphatic carbocycles. The Morgan fingerprint density at radius 1 is 1.11 bits per heavy atom. The van der Waals surface area contributed by atoms with E-state index in [1.807, 2.05) is 24.3 Å². The average Bonchev–Trinajstić information content (AvgIpc) is 3.21. The van der Waals surface area contributed by atoms with E-state index in [0.29, 0.717) is 24.4 Å². The molecule has 3 fully saturated rings. The molecule has 3 atom stereocenters. The van der Waals surface area contributed by atoms with Crippen molar-refractivity contribution in [2.75, 3.05) is 26.2 Å². The molecule has 27 heavy (non-hydrogen) atoms. The molecule has 1 aromatic carbocycles. The van der Waals surface area contributed by atoms with Crippen LogP contribution in [0, 0.1) is 11.8 Å². The molecule has 4 heterocycles. The largest absolute Gasteiger partial charge is 0.338 e. The maximum atomic E-state index is 13.1. The number of nitrogens with zero attached hydrogens (tertiary/aromatic N) is 6. The molecule has 2 aromatic rings. The van der Waals surface area contributed by atoms with Gasteiger partial charge < -0.3 is 4.90 Å². The standard InChI is InChI=1S/C20H26N6O/c27-20(17-6-4-15(5-7-17)12-26-14-21-22-23-26)25-11-16-9-18(13-25)19-3-1-2-8-24(19)10-16/h4-7,14,16,18-19H,1-3,8-13H2/t16-,18-,19+/m1/s1. The minimum Gasteiger partial charge on any atom is -0.338 e. The van der Waals surface area contributed by atoms with Crippen LogP contribution in [0.3, 0.4) is 0 Å². The van der Waals surface area contributed by atoms with Crippen LogP contribution in [0.25, 0.3) is 0 Å². The number of fused-ring (bicyclic) bond motifs is 4. The molecule has 0 radical (unpaired) electrons. The summed E-state index contributed by atoms with van der Waals surface area (Å²) in [6.45, 7) is 4.88. The van der Waals surface area contributed by atoms with Crippen LogP contribution in [0.1, 0.15) is 41.6 Å². The summed E-state index contributed by atoms with van der Waals surface area (Å²) in [4.78, 5) is 17.9. The fraction of sp³-hybridized carbons (Fsp3) is 0.600. The van der Waals surface area contributed by atoms with Crippen molar-refractivity contribution in [3.8, 4) is 0 Å². The Morgan fingerprint density at radius 3 is 2.81 bits per heavy atom. The summed E-state index contributed by atoms with van der Waals surface area (Å²) in [5, 5.41) is 11.2. The quantitative estimate of drug-likeness (QED) is 0.827. The SMILES string of the molecule is O=C(c1ccc(Cn2cnnn2)cc1)N1C[C@@H]2C[C@H](C1)[C@@H]1CCCCN1C2. The molecule has 2 bridgehead atoms. The summed E-state index contributed by atoms with van der Waals surface area (Å²) in [6.07, 6.45) is 6.90. The maximum absolute atomic E-state index is 13.1. The van der Waals surface area contributed by atoms with Crippen LogP contribution in [-0.2, 0) is 6.54 Å². The molecule has 0 saturated carbocycles. The maximum Gasteiger partial charge on any atom is 0.253 e. The van der Waals surface area contributed by atoms with E-state index in [1.54, 1.807) is 11.0 Å². The van der Waals surface area contributed by atoms with Gasteiger partial charge in [0, 0.05) is 31.2 Å². The van der Waals surface area contributed by atoms with Gasteiger partial charge in [0.15, 0.2) is 0 Å². The molecule has 3 aliphatic rings. The van der Waals surface area contributed by atoms with Crippen LogP contribution in [0.2, 0.25) is 0 Å². The first-order valence-corrected chi connectivity index (χ1v) is 10.1. The number of hydrogen-bond donors (Lipinski definition) is 0. The second kappa shape index (κ2) is 7.03. The molecule has 1 amide bonds. The predicted molar refractivity (Wildman–Crippen MR) is 100 cm³/mol. The Bertz CT molecular complexity index is 789. The van der Waals surface area contributed by atoms with Gasteiger partial charge in [-0.15, -0.1) is 5.10 Å². The van der Waals surface area contributed by atoms with E-state index in [9.17, 15) is 4.79 Å². The van der Waals surface area contributed by atoms with Crippen molar-refractivity contribution in [2.24, 2.45) is 11.8 Å². The Kier molecular flexibility index (Phi) is 4.39. The summed E-state index contributed by atoms with van der Waals surface area (Å²) in [6, 6.07) is 8.59. The molecule has 0 spiro atoms. The van der Waals surface area contributed by atoms with Crippen LogP contribution < -0.4 is 0 Å². The summed E-state index contributed by atoms with van der Waals surface area (Å²) in [5.74, 6) is 1.48. The van der Waals surface area contributed by atoms with Gasteiger partial charge in [-0.25, -0.2) is 4.68 Å². The van der Waals surface area contributed by atoms with Gasteiger partial charge in [0.25, 0.3) is 5.91 Å². The van der Waals surface area contributed by atoms with E-state index in [2.05, 4.69) is 25.3 Å². The number of carbonyl (C=O) groups is 1. The highest BCUT2D eigenvalue weighted by molar-refractivity contribution is 5.94. The monoisotopic (exact) mass is 366 g/mol. The van der Waals surface area contributed by atoms with Gasteiger partial charge in [-0.1, -0.05) is 18.6 Å². The molecule has 1 aromatic heterocycles. The van der Waals surface area contributed by atoms with Gasteiger partial charge in [-0.05, 0) is 65.8 Å². The lowest BCUT2D eigenvalue weighted by molar-refractivity contribution is -0.0243.